The van der Waals surface area contributed by atoms with Crippen LogP contribution in [0.4, 0.5) is 0 Å². The van der Waals surface area contributed by atoms with Gasteiger partial charge in [-0.3, -0.25) is 4.79 Å². The first-order valence-corrected chi connectivity index (χ1v) is 7.33. The maximum absolute atomic E-state index is 12.0. The standard InChI is InChI=1S/C14H29N3O/c1-13(2)12-14(18)17-9-5-8-16(10-11-17)7-4-3-6-15/h13H,3-12,15H2,1-2H3. The highest BCUT2D eigenvalue weighted by atomic mass is 16.2. The summed E-state index contributed by atoms with van der Waals surface area (Å²) < 4.78 is 0. The van der Waals surface area contributed by atoms with Gasteiger partial charge >= 0.3 is 0 Å². The van der Waals surface area contributed by atoms with Crippen LogP contribution in [0.1, 0.15) is 39.5 Å². The average molecular weight is 255 g/mol. The van der Waals surface area contributed by atoms with Gasteiger partial charge in [0.2, 0.25) is 5.91 Å². The second-order valence-electron chi connectivity index (χ2n) is 5.67. The van der Waals surface area contributed by atoms with E-state index in [1.807, 2.05) is 4.90 Å². The third-order valence-electron chi connectivity index (χ3n) is 3.45. The number of nitrogens with two attached hydrogens (primary N) is 1. The fraction of sp³-hybridized carbons (Fsp3) is 0.929. The Labute approximate surface area is 111 Å². The SMILES string of the molecule is CC(C)CC(=O)N1CCCN(CCCCN)CC1. The summed E-state index contributed by atoms with van der Waals surface area (Å²) in [6.07, 6.45) is 4.07. The minimum Gasteiger partial charge on any atom is -0.341 e. The molecular weight excluding hydrogens is 226 g/mol. The van der Waals surface area contributed by atoms with E-state index < -0.39 is 0 Å². The molecular formula is C14H29N3O. The van der Waals surface area contributed by atoms with Gasteiger partial charge in [-0.25, -0.2) is 0 Å². The highest BCUT2D eigenvalue weighted by Gasteiger charge is 2.19. The Kier molecular flexibility index (Phi) is 7.28. The normalized spacial score (nSPS) is 18.1. The zero-order valence-electron chi connectivity index (χ0n) is 12.0. The number of rotatable bonds is 6. The van der Waals surface area contributed by atoms with Gasteiger partial charge in [-0.1, -0.05) is 13.8 Å². The van der Waals surface area contributed by atoms with Crippen LogP contribution in [0.2, 0.25) is 0 Å². The van der Waals surface area contributed by atoms with Crippen LogP contribution < -0.4 is 5.73 Å². The Hall–Kier alpha value is -0.610. The number of amides is 1. The van der Waals surface area contributed by atoms with Crippen LogP contribution in [0.25, 0.3) is 0 Å². The van der Waals surface area contributed by atoms with Gasteiger partial charge in [0.05, 0.1) is 0 Å². The minimum absolute atomic E-state index is 0.328. The molecule has 1 aliphatic heterocycles. The van der Waals surface area contributed by atoms with E-state index >= 15 is 0 Å². The van der Waals surface area contributed by atoms with E-state index in [9.17, 15) is 4.79 Å². The molecule has 1 saturated heterocycles. The van der Waals surface area contributed by atoms with Gasteiger partial charge in [0.15, 0.2) is 0 Å². The number of carbonyl (C=O) groups is 1. The molecule has 0 aromatic heterocycles. The summed E-state index contributed by atoms with van der Waals surface area (Å²) in [7, 11) is 0. The van der Waals surface area contributed by atoms with E-state index in [4.69, 9.17) is 5.73 Å². The first-order chi connectivity index (χ1) is 8.63. The number of hydrogen-bond donors (Lipinski definition) is 1. The number of hydrogen-bond acceptors (Lipinski definition) is 3. The maximum Gasteiger partial charge on any atom is 0.222 e. The Morgan fingerprint density at radius 1 is 1.17 bits per heavy atom. The van der Waals surface area contributed by atoms with Crippen molar-refractivity contribution in [2.24, 2.45) is 11.7 Å². The molecule has 0 aromatic carbocycles. The maximum atomic E-state index is 12.0. The minimum atomic E-state index is 0.328. The zero-order chi connectivity index (χ0) is 13.4. The summed E-state index contributed by atoms with van der Waals surface area (Å²) in [5.74, 6) is 0.787. The molecule has 0 atom stereocenters. The van der Waals surface area contributed by atoms with Crippen molar-refractivity contribution < 1.29 is 4.79 Å². The fourth-order valence-corrected chi connectivity index (χ4v) is 2.40. The van der Waals surface area contributed by atoms with Crippen LogP contribution in [-0.4, -0.2) is 55.0 Å². The van der Waals surface area contributed by atoms with Gasteiger partial charge in [-0.05, 0) is 44.8 Å². The first kappa shape index (κ1) is 15.4. The topological polar surface area (TPSA) is 49.6 Å². The molecule has 4 heteroatoms. The quantitative estimate of drug-likeness (QED) is 0.728. The van der Waals surface area contributed by atoms with Gasteiger partial charge < -0.3 is 15.5 Å². The molecule has 2 N–H and O–H groups in total. The van der Waals surface area contributed by atoms with Crippen molar-refractivity contribution in [2.45, 2.75) is 39.5 Å². The van der Waals surface area contributed by atoms with E-state index in [1.165, 1.54) is 6.42 Å². The largest absolute Gasteiger partial charge is 0.341 e. The number of unbranched alkanes of at least 4 members (excludes halogenated alkanes) is 1. The molecule has 0 saturated carbocycles. The smallest absolute Gasteiger partial charge is 0.222 e. The molecule has 4 nitrogen and oxygen atoms in total. The second kappa shape index (κ2) is 8.48. The Bertz CT molecular complexity index is 243. The average Bonchev–Trinajstić information content (AvgIpc) is 2.54. The molecule has 0 aromatic rings. The highest BCUT2D eigenvalue weighted by molar-refractivity contribution is 5.76. The predicted octanol–water partition coefficient (Wildman–Crippen LogP) is 1.31. The highest BCUT2D eigenvalue weighted by Crippen LogP contribution is 2.09. The van der Waals surface area contributed by atoms with Crippen LogP contribution in [0, 0.1) is 5.92 Å². The van der Waals surface area contributed by atoms with Crippen molar-refractivity contribution >= 4 is 5.91 Å². The first-order valence-electron chi connectivity index (χ1n) is 7.33. The number of nitrogens with zero attached hydrogens (tertiary/aromatic N) is 2. The van der Waals surface area contributed by atoms with E-state index in [0.717, 1.165) is 52.1 Å². The molecule has 18 heavy (non-hydrogen) atoms. The summed E-state index contributed by atoms with van der Waals surface area (Å²) in [5.41, 5.74) is 5.51. The molecule has 106 valence electrons. The molecule has 1 heterocycles. The molecule has 1 fully saturated rings. The Morgan fingerprint density at radius 2 is 1.94 bits per heavy atom. The molecule has 0 bridgehead atoms. The predicted molar refractivity (Wildman–Crippen MR) is 75.4 cm³/mol. The van der Waals surface area contributed by atoms with Crippen molar-refractivity contribution in [3.8, 4) is 0 Å². The van der Waals surface area contributed by atoms with Crippen LogP contribution in [0.3, 0.4) is 0 Å². The fourth-order valence-electron chi connectivity index (χ4n) is 2.40. The van der Waals surface area contributed by atoms with E-state index in [1.54, 1.807) is 0 Å². The Balaban J connectivity index is 2.29. The van der Waals surface area contributed by atoms with Crippen LogP contribution in [0.5, 0.6) is 0 Å². The van der Waals surface area contributed by atoms with Gasteiger partial charge in [0.25, 0.3) is 0 Å². The van der Waals surface area contributed by atoms with Gasteiger partial charge in [-0.2, -0.15) is 0 Å². The third-order valence-corrected chi connectivity index (χ3v) is 3.45. The molecule has 1 amide bonds. The van der Waals surface area contributed by atoms with Crippen LogP contribution in [-0.2, 0) is 4.79 Å². The second-order valence-corrected chi connectivity index (χ2v) is 5.67. The summed E-state index contributed by atoms with van der Waals surface area (Å²) in [6.45, 7) is 10.1. The molecule has 0 radical (unpaired) electrons. The van der Waals surface area contributed by atoms with Crippen molar-refractivity contribution in [3.05, 3.63) is 0 Å². The summed E-state index contributed by atoms with van der Waals surface area (Å²) >= 11 is 0. The Morgan fingerprint density at radius 3 is 2.61 bits per heavy atom. The van der Waals surface area contributed by atoms with Crippen molar-refractivity contribution in [1.29, 1.82) is 0 Å². The van der Waals surface area contributed by atoms with E-state index in [-0.39, 0.29) is 0 Å². The molecule has 0 aliphatic carbocycles. The van der Waals surface area contributed by atoms with E-state index in [2.05, 4.69) is 18.7 Å². The molecule has 1 rings (SSSR count). The van der Waals surface area contributed by atoms with E-state index in [0.29, 0.717) is 18.2 Å². The summed E-state index contributed by atoms with van der Waals surface area (Å²) in [5, 5.41) is 0. The van der Waals surface area contributed by atoms with Crippen molar-refractivity contribution in [2.75, 3.05) is 39.3 Å². The molecule has 0 unspecified atom stereocenters. The lowest BCUT2D eigenvalue weighted by molar-refractivity contribution is -0.131. The van der Waals surface area contributed by atoms with Crippen LogP contribution >= 0.6 is 0 Å². The van der Waals surface area contributed by atoms with Gasteiger partial charge in [-0.15, -0.1) is 0 Å². The number of carbonyl (C=O) groups excluding carboxylic acids is 1. The monoisotopic (exact) mass is 255 g/mol. The van der Waals surface area contributed by atoms with Gasteiger partial charge in [0, 0.05) is 26.1 Å². The third kappa shape index (κ3) is 5.83. The zero-order valence-corrected chi connectivity index (χ0v) is 12.0. The van der Waals surface area contributed by atoms with Crippen molar-refractivity contribution in [3.63, 3.8) is 0 Å². The molecule has 0 spiro atoms. The lowest BCUT2D eigenvalue weighted by atomic mass is 10.1. The van der Waals surface area contributed by atoms with Gasteiger partial charge in [0.1, 0.15) is 0 Å². The van der Waals surface area contributed by atoms with Crippen LogP contribution in [0.15, 0.2) is 0 Å². The van der Waals surface area contributed by atoms with Crippen molar-refractivity contribution in [1.82, 2.24) is 9.80 Å². The lowest BCUT2D eigenvalue weighted by Crippen LogP contribution is -2.36. The molecule has 1 aliphatic rings. The lowest BCUT2D eigenvalue weighted by Gasteiger charge is -2.22. The summed E-state index contributed by atoms with van der Waals surface area (Å²) in [4.78, 5) is 16.5. The summed E-state index contributed by atoms with van der Waals surface area (Å²) in [6, 6.07) is 0.